The van der Waals surface area contributed by atoms with E-state index in [0.717, 1.165) is 19.4 Å². The molecule has 4 atom stereocenters. The average Bonchev–Trinajstić information content (AvgIpc) is 2.28. The topological polar surface area (TPSA) is 78.4 Å². The highest BCUT2D eigenvalue weighted by Gasteiger charge is 2.39. The van der Waals surface area contributed by atoms with Gasteiger partial charge in [0.05, 0.1) is 5.92 Å². The van der Waals surface area contributed by atoms with E-state index in [2.05, 4.69) is 17.6 Å². The Hall–Kier alpha value is -1.10. The van der Waals surface area contributed by atoms with Gasteiger partial charge in [0.2, 0.25) is 5.91 Å². The molecule has 2 fully saturated rings. The summed E-state index contributed by atoms with van der Waals surface area (Å²) in [4.78, 5) is 22.5. The Morgan fingerprint density at radius 3 is 2.88 bits per heavy atom. The van der Waals surface area contributed by atoms with Gasteiger partial charge in [-0.05, 0) is 38.1 Å². The Labute approximate surface area is 101 Å². The Bertz CT molecular complexity index is 319. The Morgan fingerprint density at radius 1 is 1.47 bits per heavy atom. The number of aliphatic carboxylic acids is 1. The van der Waals surface area contributed by atoms with Gasteiger partial charge in [-0.15, -0.1) is 0 Å². The van der Waals surface area contributed by atoms with E-state index in [1.165, 1.54) is 0 Å². The van der Waals surface area contributed by atoms with Crippen LogP contribution in [-0.4, -0.2) is 36.1 Å². The van der Waals surface area contributed by atoms with Crippen LogP contribution < -0.4 is 10.6 Å². The van der Waals surface area contributed by atoms with Crippen LogP contribution in [0.1, 0.15) is 26.2 Å². The summed E-state index contributed by atoms with van der Waals surface area (Å²) in [7, 11) is 0. The fourth-order valence-electron chi connectivity index (χ4n) is 3.12. The van der Waals surface area contributed by atoms with Gasteiger partial charge in [0.15, 0.2) is 0 Å². The van der Waals surface area contributed by atoms with Crippen molar-refractivity contribution in [2.75, 3.05) is 13.1 Å². The van der Waals surface area contributed by atoms with Crippen molar-refractivity contribution in [3.8, 4) is 0 Å². The lowest BCUT2D eigenvalue weighted by Gasteiger charge is -2.39. The molecule has 5 nitrogen and oxygen atoms in total. The lowest BCUT2D eigenvalue weighted by molar-refractivity contribution is -0.149. The van der Waals surface area contributed by atoms with Gasteiger partial charge in [-0.25, -0.2) is 0 Å². The molecule has 17 heavy (non-hydrogen) atoms. The quantitative estimate of drug-likeness (QED) is 0.645. The maximum Gasteiger partial charge on any atom is 0.307 e. The van der Waals surface area contributed by atoms with Crippen molar-refractivity contribution < 1.29 is 14.7 Å². The summed E-state index contributed by atoms with van der Waals surface area (Å²) >= 11 is 0. The van der Waals surface area contributed by atoms with E-state index in [1.807, 2.05) is 0 Å². The SMILES string of the molecule is CC1CC(C2CNC(=O)CC2C(=O)O)CCN1. The highest BCUT2D eigenvalue weighted by Crippen LogP contribution is 2.33. The van der Waals surface area contributed by atoms with Crippen molar-refractivity contribution in [2.24, 2.45) is 17.8 Å². The summed E-state index contributed by atoms with van der Waals surface area (Å²) in [5, 5.41) is 15.4. The van der Waals surface area contributed by atoms with Crippen molar-refractivity contribution >= 4 is 11.9 Å². The average molecular weight is 240 g/mol. The van der Waals surface area contributed by atoms with E-state index in [4.69, 9.17) is 0 Å². The number of piperidine rings is 2. The van der Waals surface area contributed by atoms with E-state index >= 15 is 0 Å². The third-order valence-corrected chi connectivity index (χ3v) is 4.04. The van der Waals surface area contributed by atoms with Crippen molar-refractivity contribution in [3.63, 3.8) is 0 Å². The third kappa shape index (κ3) is 2.77. The first-order valence-electron chi connectivity index (χ1n) is 6.31. The van der Waals surface area contributed by atoms with Gasteiger partial charge in [0.1, 0.15) is 0 Å². The fraction of sp³-hybridized carbons (Fsp3) is 0.833. The highest BCUT2D eigenvalue weighted by molar-refractivity contribution is 5.83. The summed E-state index contributed by atoms with van der Waals surface area (Å²) in [6, 6.07) is 0.445. The molecule has 2 saturated heterocycles. The highest BCUT2D eigenvalue weighted by atomic mass is 16.4. The molecule has 96 valence electrons. The fourth-order valence-corrected chi connectivity index (χ4v) is 3.12. The minimum atomic E-state index is -0.823. The predicted octanol–water partition coefficient (Wildman–Crippen LogP) is 0.211. The molecule has 2 aliphatic rings. The maximum absolute atomic E-state index is 11.3. The monoisotopic (exact) mass is 240 g/mol. The van der Waals surface area contributed by atoms with E-state index in [1.54, 1.807) is 0 Å². The molecule has 0 spiro atoms. The van der Waals surface area contributed by atoms with Gasteiger partial charge in [0.25, 0.3) is 0 Å². The number of carbonyl (C=O) groups is 2. The van der Waals surface area contributed by atoms with Crippen LogP contribution in [0.15, 0.2) is 0 Å². The summed E-state index contributed by atoms with van der Waals surface area (Å²) in [5.74, 6) is -0.951. The largest absolute Gasteiger partial charge is 0.481 e. The molecule has 2 rings (SSSR count). The Morgan fingerprint density at radius 2 is 2.24 bits per heavy atom. The number of rotatable bonds is 2. The molecule has 0 aromatic heterocycles. The number of hydrogen-bond donors (Lipinski definition) is 3. The van der Waals surface area contributed by atoms with E-state index in [0.29, 0.717) is 18.5 Å². The first-order chi connectivity index (χ1) is 8.08. The molecule has 5 heteroatoms. The molecule has 0 aromatic carbocycles. The lowest BCUT2D eigenvalue weighted by Crippen LogP contribution is -2.49. The zero-order valence-electron chi connectivity index (χ0n) is 10.1. The second-order valence-corrected chi connectivity index (χ2v) is 5.26. The number of amides is 1. The Balaban J connectivity index is 2.06. The molecule has 3 N–H and O–H groups in total. The van der Waals surface area contributed by atoms with Crippen molar-refractivity contribution in [2.45, 2.75) is 32.2 Å². The molecule has 0 bridgehead atoms. The second kappa shape index (κ2) is 5.04. The molecular formula is C12H20N2O3. The molecular weight excluding hydrogens is 220 g/mol. The molecule has 0 saturated carbocycles. The molecule has 4 unspecified atom stereocenters. The Kier molecular flexibility index (Phi) is 3.66. The summed E-state index contributed by atoms with van der Waals surface area (Å²) in [6.07, 6.45) is 2.15. The molecule has 1 amide bonds. The summed E-state index contributed by atoms with van der Waals surface area (Å²) < 4.78 is 0. The maximum atomic E-state index is 11.3. The summed E-state index contributed by atoms with van der Waals surface area (Å²) in [6.45, 7) is 3.60. The van der Waals surface area contributed by atoms with Crippen molar-refractivity contribution in [3.05, 3.63) is 0 Å². The van der Waals surface area contributed by atoms with Crippen LogP contribution in [0.25, 0.3) is 0 Å². The van der Waals surface area contributed by atoms with Crippen LogP contribution in [0.2, 0.25) is 0 Å². The van der Waals surface area contributed by atoms with Gasteiger partial charge in [-0.3, -0.25) is 9.59 Å². The number of carboxylic acids is 1. The lowest BCUT2D eigenvalue weighted by atomic mass is 9.72. The van der Waals surface area contributed by atoms with Gasteiger partial charge in [-0.2, -0.15) is 0 Å². The molecule has 0 aliphatic carbocycles. The molecule has 0 aromatic rings. The summed E-state index contributed by atoms with van der Waals surface area (Å²) in [5.41, 5.74) is 0. The van der Waals surface area contributed by atoms with Crippen LogP contribution in [0.3, 0.4) is 0 Å². The zero-order valence-corrected chi connectivity index (χ0v) is 10.1. The molecule has 0 radical (unpaired) electrons. The van der Waals surface area contributed by atoms with E-state index in [9.17, 15) is 14.7 Å². The zero-order chi connectivity index (χ0) is 12.4. The first kappa shape index (κ1) is 12.4. The third-order valence-electron chi connectivity index (χ3n) is 4.04. The molecule has 2 aliphatic heterocycles. The molecule has 2 heterocycles. The van der Waals surface area contributed by atoms with Crippen LogP contribution >= 0.6 is 0 Å². The smallest absolute Gasteiger partial charge is 0.307 e. The van der Waals surface area contributed by atoms with E-state index < -0.39 is 11.9 Å². The number of hydrogen-bond acceptors (Lipinski definition) is 3. The van der Waals surface area contributed by atoms with Crippen LogP contribution in [0.4, 0.5) is 0 Å². The van der Waals surface area contributed by atoms with Gasteiger partial charge in [-0.1, -0.05) is 0 Å². The second-order valence-electron chi connectivity index (χ2n) is 5.26. The number of nitrogens with one attached hydrogen (secondary N) is 2. The van der Waals surface area contributed by atoms with Crippen LogP contribution in [-0.2, 0) is 9.59 Å². The van der Waals surface area contributed by atoms with Crippen LogP contribution in [0.5, 0.6) is 0 Å². The first-order valence-corrected chi connectivity index (χ1v) is 6.31. The van der Waals surface area contributed by atoms with Gasteiger partial charge < -0.3 is 15.7 Å². The van der Waals surface area contributed by atoms with Gasteiger partial charge >= 0.3 is 5.97 Å². The number of carbonyl (C=O) groups excluding carboxylic acids is 1. The van der Waals surface area contributed by atoms with Crippen molar-refractivity contribution in [1.29, 1.82) is 0 Å². The minimum absolute atomic E-state index is 0.0924. The van der Waals surface area contributed by atoms with E-state index in [-0.39, 0.29) is 18.2 Å². The predicted molar refractivity (Wildman–Crippen MR) is 62.4 cm³/mol. The minimum Gasteiger partial charge on any atom is -0.481 e. The number of carboxylic acid groups (broad SMARTS) is 1. The van der Waals surface area contributed by atoms with Crippen molar-refractivity contribution in [1.82, 2.24) is 10.6 Å². The van der Waals surface area contributed by atoms with Crippen LogP contribution in [0, 0.1) is 17.8 Å². The standard InChI is InChI=1S/C12H20N2O3/c1-7-4-8(2-3-13-7)10-6-14-11(15)5-9(10)12(16)17/h7-10,13H,2-6H2,1H3,(H,14,15)(H,16,17). The van der Waals surface area contributed by atoms with Gasteiger partial charge in [0, 0.05) is 19.0 Å². The normalized spacial score (nSPS) is 38.5.